The van der Waals surface area contributed by atoms with E-state index in [1.165, 1.54) is 75.6 Å². The zero-order valence-electron chi connectivity index (χ0n) is 35.0. The Morgan fingerprint density at radius 2 is 0.741 bits per heavy atom. The average molecular weight is 791 g/mol. The molecule has 0 saturated carbocycles. The van der Waals surface area contributed by atoms with Gasteiger partial charge in [-0.2, -0.15) is 0 Å². The summed E-state index contributed by atoms with van der Waals surface area (Å²) in [5.41, 5.74) is 4.70. The molecule has 1 heterocycles. The Hall–Kier alpha value is -5.06. The van der Waals surface area contributed by atoms with Gasteiger partial charge in [-0.25, -0.2) is 0 Å². The van der Waals surface area contributed by atoms with E-state index in [1.807, 2.05) is 0 Å². The lowest BCUT2D eigenvalue weighted by atomic mass is 9.72. The summed E-state index contributed by atoms with van der Waals surface area (Å²) < 4.78 is 7.77. The third-order valence-corrected chi connectivity index (χ3v) is 16.8. The summed E-state index contributed by atoms with van der Waals surface area (Å²) in [7, 11) is -2.01. The highest BCUT2D eigenvalue weighted by Gasteiger charge is 2.42. The molecule has 0 amide bonds. The first kappa shape index (κ1) is 38.5. The third kappa shape index (κ3) is 6.98. The van der Waals surface area contributed by atoms with Crippen LogP contribution in [0.15, 0.2) is 170 Å². The predicted molar refractivity (Wildman–Crippen MR) is 255 cm³/mol. The van der Waals surface area contributed by atoms with Crippen molar-refractivity contribution in [3.63, 3.8) is 0 Å². The SMILES string of the molecule is CC(C)(C)c1cc(P(c2ccccc2)c2ccc3ccccc3c2)c2c(c1)C(C)(C)c1cc(C(C)(C)C)cc(P(c3ccccc3)c3ccc4ccccc4c3)c1O2. The second-order valence-electron chi connectivity index (χ2n) is 18.4. The van der Waals surface area contributed by atoms with Crippen LogP contribution in [0.1, 0.15) is 77.6 Å². The van der Waals surface area contributed by atoms with Gasteiger partial charge in [0.05, 0.1) is 0 Å². The third-order valence-electron chi connectivity index (χ3n) is 11.9. The lowest BCUT2D eigenvalue weighted by Crippen LogP contribution is -2.35. The molecule has 2 unspecified atom stereocenters. The summed E-state index contributed by atoms with van der Waals surface area (Å²) >= 11 is 0. The summed E-state index contributed by atoms with van der Waals surface area (Å²) in [6.07, 6.45) is 0. The fraction of sp³-hybridized carbons (Fsp3) is 0.200. The van der Waals surface area contributed by atoms with Crippen molar-refractivity contribution in [1.82, 2.24) is 0 Å². The molecule has 0 N–H and O–H groups in total. The molecule has 0 radical (unpaired) electrons. The van der Waals surface area contributed by atoms with E-state index >= 15 is 0 Å². The van der Waals surface area contributed by atoms with Crippen molar-refractivity contribution in [3.8, 4) is 11.5 Å². The first-order valence-electron chi connectivity index (χ1n) is 20.5. The molecule has 1 aliphatic rings. The second kappa shape index (κ2) is 14.6. The van der Waals surface area contributed by atoms with Gasteiger partial charge in [0.15, 0.2) is 0 Å². The van der Waals surface area contributed by atoms with E-state index in [1.54, 1.807) is 0 Å². The van der Waals surface area contributed by atoms with Crippen molar-refractivity contribution < 1.29 is 4.74 Å². The van der Waals surface area contributed by atoms with Gasteiger partial charge in [-0.1, -0.05) is 201 Å². The molecule has 2 atom stereocenters. The maximum atomic E-state index is 7.77. The number of fused-ring (bicyclic) bond motifs is 4. The van der Waals surface area contributed by atoms with Gasteiger partial charge in [0.2, 0.25) is 0 Å². The van der Waals surface area contributed by atoms with E-state index in [9.17, 15) is 0 Å². The Bertz CT molecular complexity index is 2610. The van der Waals surface area contributed by atoms with Gasteiger partial charge in [-0.05, 0) is 105 Å². The number of hydrogen-bond acceptors (Lipinski definition) is 1. The van der Waals surface area contributed by atoms with Crippen LogP contribution >= 0.6 is 15.8 Å². The van der Waals surface area contributed by atoms with Crippen molar-refractivity contribution >= 4 is 69.2 Å². The van der Waals surface area contributed by atoms with Crippen LogP contribution in [-0.4, -0.2) is 0 Å². The van der Waals surface area contributed by atoms with Crippen molar-refractivity contribution in [3.05, 3.63) is 192 Å². The molecule has 9 rings (SSSR count). The standard InChI is InChI=1S/C55H52OP2/c1-53(2,3)41-33-47-51(49(35-41)57(43-23-11-9-12-24-43)45-29-27-37-19-15-17-21-39(37)31-45)56-52-48(55(47,7)8)34-42(54(4,5)6)36-50(52)58(44-25-13-10-14-26-44)46-30-28-38-20-16-18-22-40(38)32-46/h9-36H,1-8H3. The Kier molecular flexibility index (Phi) is 9.71. The molecule has 0 fully saturated rings. The van der Waals surface area contributed by atoms with E-state index in [-0.39, 0.29) is 16.2 Å². The van der Waals surface area contributed by atoms with Gasteiger partial charge >= 0.3 is 0 Å². The van der Waals surface area contributed by atoms with Gasteiger partial charge in [0, 0.05) is 27.2 Å². The van der Waals surface area contributed by atoms with E-state index in [0.717, 1.165) is 11.5 Å². The minimum atomic E-state index is -1.00. The largest absolute Gasteiger partial charge is 0.455 e. The molecule has 8 aromatic rings. The Morgan fingerprint density at radius 3 is 1.12 bits per heavy atom. The van der Waals surface area contributed by atoms with Gasteiger partial charge in [0.25, 0.3) is 0 Å². The summed E-state index contributed by atoms with van der Waals surface area (Å²) in [5, 5.41) is 12.9. The number of benzene rings is 8. The highest BCUT2D eigenvalue weighted by atomic mass is 31.1. The van der Waals surface area contributed by atoms with Crippen LogP contribution in [0.4, 0.5) is 0 Å². The van der Waals surface area contributed by atoms with Crippen molar-refractivity contribution in [1.29, 1.82) is 0 Å². The highest BCUT2D eigenvalue weighted by Crippen LogP contribution is 2.54. The number of hydrogen-bond donors (Lipinski definition) is 0. The molecular formula is C55H52OP2. The molecule has 0 aliphatic carbocycles. The molecular weight excluding hydrogens is 739 g/mol. The summed E-state index contributed by atoms with van der Waals surface area (Å²) in [6.45, 7) is 18.9. The molecule has 8 aromatic carbocycles. The number of ether oxygens (including phenoxy) is 1. The van der Waals surface area contributed by atoms with Crippen molar-refractivity contribution in [2.24, 2.45) is 0 Å². The Labute approximate surface area is 347 Å². The maximum absolute atomic E-state index is 7.77. The smallest absolute Gasteiger partial charge is 0.139 e. The summed E-state index contributed by atoms with van der Waals surface area (Å²) in [5.74, 6) is 2.03. The van der Waals surface area contributed by atoms with Crippen LogP contribution in [0.25, 0.3) is 21.5 Å². The van der Waals surface area contributed by atoms with Crippen LogP contribution in [0.5, 0.6) is 11.5 Å². The van der Waals surface area contributed by atoms with Gasteiger partial charge < -0.3 is 4.74 Å². The van der Waals surface area contributed by atoms with Crippen LogP contribution in [0.3, 0.4) is 0 Å². The van der Waals surface area contributed by atoms with Crippen molar-refractivity contribution in [2.45, 2.75) is 71.6 Å². The molecule has 3 heteroatoms. The first-order chi connectivity index (χ1) is 27.8. The predicted octanol–water partition coefficient (Wildman–Crippen LogP) is 12.5. The summed E-state index contributed by atoms with van der Waals surface area (Å²) in [4.78, 5) is 0. The van der Waals surface area contributed by atoms with Crippen LogP contribution < -0.4 is 36.6 Å². The fourth-order valence-electron chi connectivity index (χ4n) is 8.46. The van der Waals surface area contributed by atoms with Gasteiger partial charge in [0.1, 0.15) is 11.5 Å². The minimum absolute atomic E-state index is 0.0721. The molecule has 0 aromatic heterocycles. The maximum Gasteiger partial charge on any atom is 0.139 e. The zero-order chi connectivity index (χ0) is 40.4. The first-order valence-corrected chi connectivity index (χ1v) is 23.2. The fourth-order valence-corrected chi connectivity index (χ4v) is 13.4. The Morgan fingerprint density at radius 1 is 0.379 bits per heavy atom. The molecule has 288 valence electrons. The quantitative estimate of drug-likeness (QED) is 0.152. The molecule has 0 saturated heterocycles. The van der Waals surface area contributed by atoms with E-state index in [0.29, 0.717) is 0 Å². The lowest BCUT2D eigenvalue weighted by molar-refractivity contribution is 0.422. The Balaban J connectivity index is 1.35. The molecule has 0 spiro atoms. The molecule has 58 heavy (non-hydrogen) atoms. The van der Waals surface area contributed by atoms with E-state index in [4.69, 9.17) is 4.74 Å². The normalized spacial score (nSPS) is 14.7. The molecule has 1 nitrogen and oxygen atoms in total. The second-order valence-corrected chi connectivity index (χ2v) is 22.7. The highest BCUT2D eigenvalue weighted by molar-refractivity contribution is 7.80. The monoisotopic (exact) mass is 790 g/mol. The topological polar surface area (TPSA) is 9.23 Å². The van der Waals surface area contributed by atoms with E-state index < -0.39 is 15.8 Å². The minimum Gasteiger partial charge on any atom is -0.455 e. The van der Waals surface area contributed by atoms with Gasteiger partial charge in [-0.3, -0.25) is 0 Å². The van der Waals surface area contributed by atoms with Crippen LogP contribution in [0, 0.1) is 0 Å². The lowest BCUT2D eigenvalue weighted by Gasteiger charge is -2.41. The van der Waals surface area contributed by atoms with Crippen LogP contribution in [0.2, 0.25) is 0 Å². The zero-order valence-corrected chi connectivity index (χ0v) is 36.8. The van der Waals surface area contributed by atoms with Crippen LogP contribution in [-0.2, 0) is 16.2 Å². The molecule has 0 bridgehead atoms. The van der Waals surface area contributed by atoms with Crippen molar-refractivity contribution in [2.75, 3.05) is 0 Å². The average Bonchev–Trinajstić information content (AvgIpc) is 3.21. The number of rotatable bonds is 6. The van der Waals surface area contributed by atoms with Gasteiger partial charge in [-0.15, -0.1) is 0 Å². The van der Waals surface area contributed by atoms with E-state index in [2.05, 4.69) is 225 Å². The molecule has 1 aliphatic heterocycles. The summed E-state index contributed by atoms with van der Waals surface area (Å²) in [6, 6.07) is 63.8.